The third kappa shape index (κ3) is 3.73. The summed E-state index contributed by atoms with van der Waals surface area (Å²) in [6, 6.07) is 6.93. The Hall–Kier alpha value is -2.83. The molecule has 0 spiro atoms. The topological polar surface area (TPSA) is 89.3 Å². The maximum Gasteiger partial charge on any atom is 0.315 e. The molecule has 1 aliphatic rings. The summed E-state index contributed by atoms with van der Waals surface area (Å²) in [6.07, 6.45) is 5.85. The molecule has 7 nitrogen and oxygen atoms in total. The van der Waals surface area contributed by atoms with Gasteiger partial charge in [0.05, 0.1) is 7.11 Å². The van der Waals surface area contributed by atoms with Crippen molar-refractivity contribution in [1.82, 2.24) is 20.8 Å². The van der Waals surface area contributed by atoms with E-state index in [4.69, 9.17) is 9.26 Å². The molecule has 0 aliphatic heterocycles. The van der Waals surface area contributed by atoms with Crippen molar-refractivity contribution in [1.29, 1.82) is 0 Å². The van der Waals surface area contributed by atoms with E-state index in [2.05, 4.69) is 32.9 Å². The van der Waals surface area contributed by atoms with Gasteiger partial charge in [-0.15, -0.1) is 0 Å². The fourth-order valence-corrected chi connectivity index (χ4v) is 2.51. The maximum atomic E-state index is 12.0. The lowest BCUT2D eigenvalue weighted by molar-refractivity contribution is 0.230. The summed E-state index contributed by atoms with van der Waals surface area (Å²) in [5.41, 5.74) is 0.790. The average molecular weight is 328 g/mol. The Labute approximate surface area is 140 Å². The number of methoxy groups -OCH3 is 1. The third-order valence-corrected chi connectivity index (χ3v) is 3.83. The molecule has 126 valence electrons. The average Bonchev–Trinajstić information content (AvgIpc) is 3.26. The molecule has 24 heavy (non-hydrogen) atoms. The lowest BCUT2D eigenvalue weighted by Gasteiger charge is -2.15. The minimum atomic E-state index is -0.383. The zero-order valence-corrected chi connectivity index (χ0v) is 13.7. The first-order valence-electron chi connectivity index (χ1n) is 7.86. The zero-order valence-electron chi connectivity index (χ0n) is 13.7. The van der Waals surface area contributed by atoms with Gasteiger partial charge in [0.2, 0.25) is 11.7 Å². The molecule has 0 saturated heterocycles. The van der Waals surface area contributed by atoms with Crippen LogP contribution in [0.25, 0.3) is 11.4 Å². The molecule has 1 heterocycles. The highest BCUT2D eigenvalue weighted by atomic mass is 16.5. The van der Waals surface area contributed by atoms with E-state index in [0.29, 0.717) is 11.7 Å². The highest BCUT2D eigenvalue weighted by molar-refractivity contribution is 5.74. The first-order chi connectivity index (χ1) is 11.7. The van der Waals surface area contributed by atoms with Crippen LogP contribution in [0.1, 0.15) is 31.7 Å². The van der Waals surface area contributed by atoms with Gasteiger partial charge in [0.15, 0.2) is 0 Å². The smallest absolute Gasteiger partial charge is 0.315 e. The molecular formula is C17H20N4O3. The zero-order chi connectivity index (χ0) is 16.9. The van der Waals surface area contributed by atoms with Crippen LogP contribution in [0.3, 0.4) is 0 Å². The minimum Gasteiger partial charge on any atom is -0.497 e. The van der Waals surface area contributed by atoms with Crippen LogP contribution in [0.2, 0.25) is 0 Å². The van der Waals surface area contributed by atoms with Crippen LogP contribution in [-0.2, 0) is 0 Å². The molecule has 2 N–H and O–H groups in total. The monoisotopic (exact) mass is 328 g/mol. The van der Waals surface area contributed by atoms with Gasteiger partial charge in [0.25, 0.3) is 0 Å². The maximum absolute atomic E-state index is 12.0. The van der Waals surface area contributed by atoms with Crippen LogP contribution >= 0.6 is 0 Å². The van der Waals surface area contributed by atoms with Gasteiger partial charge in [0, 0.05) is 11.6 Å². The predicted molar refractivity (Wildman–Crippen MR) is 88.5 cm³/mol. The number of hydrogen-bond acceptors (Lipinski definition) is 5. The Bertz CT molecular complexity index is 733. The molecule has 0 fully saturated rings. The summed E-state index contributed by atoms with van der Waals surface area (Å²) in [6.45, 7) is 1.80. The van der Waals surface area contributed by atoms with Crippen LogP contribution in [-0.4, -0.2) is 29.3 Å². The largest absolute Gasteiger partial charge is 0.497 e. The highest BCUT2D eigenvalue weighted by Gasteiger charge is 2.19. The number of urea groups is 1. The van der Waals surface area contributed by atoms with E-state index in [1.165, 1.54) is 0 Å². The summed E-state index contributed by atoms with van der Waals surface area (Å²) >= 11 is 0. The lowest BCUT2D eigenvalue weighted by atomic mass is 10.2. The van der Waals surface area contributed by atoms with Crippen molar-refractivity contribution in [3.05, 3.63) is 42.3 Å². The van der Waals surface area contributed by atoms with Crippen molar-refractivity contribution in [2.45, 2.75) is 31.8 Å². The first-order valence-corrected chi connectivity index (χ1v) is 7.86. The number of carbonyl (C=O) groups excluding carboxylic acids is 1. The summed E-state index contributed by atoms with van der Waals surface area (Å²) in [4.78, 5) is 16.3. The second-order valence-corrected chi connectivity index (χ2v) is 5.67. The molecule has 3 rings (SSSR count). The fourth-order valence-electron chi connectivity index (χ4n) is 2.51. The summed E-state index contributed by atoms with van der Waals surface area (Å²) in [7, 11) is 1.60. The summed E-state index contributed by atoms with van der Waals surface area (Å²) in [5, 5.41) is 9.70. The minimum absolute atomic E-state index is 0.159. The Morgan fingerprint density at radius 2 is 2.17 bits per heavy atom. The van der Waals surface area contributed by atoms with Gasteiger partial charge in [-0.1, -0.05) is 29.4 Å². The molecule has 1 aromatic heterocycles. The van der Waals surface area contributed by atoms with Gasteiger partial charge in [-0.2, -0.15) is 4.98 Å². The van der Waals surface area contributed by atoms with Gasteiger partial charge in [-0.3, -0.25) is 0 Å². The Kier molecular flexibility index (Phi) is 4.79. The number of benzene rings is 1. The van der Waals surface area contributed by atoms with Crippen molar-refractivity contribution in [2.75, 3.05) is 7.11 Å². The number of nitrogens with one attached hydrogen (secondary N) is 2. The fraction of sp³-hybridized carbons (Fsp3) is 0.353. The standard InChI is InChI=1S/C17H20N4O3/c1-11(18-17(22)19-13-7-3-4-8-13)16-20-15(21-24-16)12-6-5-9-14(10-12)23-2/h3-6,9-11,13H,7-8H2,1-2H3,(H2,18,19,22)/t11-/m0/s1. The molecule has 7 heteroatoms. The Morgan fingerprint density at radius 1 is 1.38 bits per heavy atom. The number of rotatable bonds is 5. The van der Waals surface area contributed by atoms with E-state index < -0.39 is 0 Å². The number of hydrogen-bond donors (Lipinski definition) is 2. The van der Waals surface area contributed by atoms with Crippen molar-refractivity contribution in [2.24, 2.45) is 0 Å². The number of ether oxygens (including phenoxy) is 1. The van der Waals surface area contributed by atoms with Crippen molar-refractivity contribution < 1.29 is 14.1 Å². The molecule has 0 saturated carbocycles. The summed E-state index contributed by atoms with van der Waals surface area (Å²) in [5.74, 6) is 1.53. The molecule has 1 atom stereocenters. The Balaban J connectivity index is 1.62. The quantitative estimate of drug-likeness (QED) is 0.824. The third-order valence-electron chi connectivity index (χ3n) is 3.83. The van der Waals surface area contributed by atoms with Crippen LogP contribution in [0.5, 0.6) is 5.75 Å². The van der Waals surface area contributed by atoms with E-state index in [9.17, 15) is 4.79 Å². The molecule has 1 aromatic carbocycles. The Morgan fingerprint density at radius 3 is 2.92 bits per heavy atom. The molecule has 0 radical (unpaired) electrons. The lowest BCUT2D eigenvalue weighted by Crippen LogP contribution is -2.42. The first kappa shape index (κ1) is 16.0. The van der Waals surface area contributed by atoms with E-state index >= 15 is 0 Å². The molecule has 0 unspecified atom stereocenters. The number of amides is 2. The molecule has 1 aliphatic carbocycles. The van der Waals surface area contributed by atoms with Crippen LogP contribution in [0, 0.1) is 0 Å². The predicted octanol–water partition coefficient (Wildman–Crippen LogP) is 2.82. The van der Waals surface area contributed by atoms with E-state index in [1.807, 2.05) is 24.3 Å². The van der Waals surface area contributed by atoms with Crippen LogP contribution < -0.4 is 15.4 Å². The van der Waals surface area contributed by atoms with Crippen LogP contribution in [0.4, 0.5) is 4.79 Å². The molecule has 2 aromatic rings. The van der Waals surface area contributed by atoms with Gasteiger partial charge < -0.3 is 19.9 Å². The van der Waals surface area contributed by atoms with Crippen molar-refractivity contribution >= 4 is 6.03 Å². The number of nitrogens with zero attached hydrogens (tertiary/aromatic N) is 2. The van der Waals surface area contributed by atoms with Crippen LogP contribution in [0.15, 0.2) is 40.9 Å². The van der Waals surface area contributed by atoms with Gasteiger partial charge in [-0.25, -0.2) is 4.79 Å². The van der Waals surface area contributed by atoms with Crippen molar-refractivity contribution in [3.63, 3.8) is 0 Å². The normalized spacial score (nSPS) is 15.2. The second kappa shape index (κ2) is 7.16. The number of aromatic nitrogens is 2. The second-order valence-electron chi connectivity index (χ2n) is 5.67. The van der Waals surface area contributed by atoms with Gasteiger partial charge >= 0.3 is 6.03 Å². The number of carbonyl (C=O) groups is 1. The van der Waals surface area contributed by atoms with E-state index in [0.717, 1.165) is 24.2 Å². The summed E-state index contributed by atoms with van der Waals surface area (Å²) < 4.78 is 10.5. The molecule has 0 bridgehead atoms. The molecule has 2 amide bonds. The highest BCUT2D eigenvalue weighted by Crippen LogP contribution is 2.22. The van der Waals surface area contributed by atoms with Gasteiger partial charge in [0.1, 0.15) is 11.8 Å². The van der Waals surface area contributed by atoms with Gasteiger partial charge in [-0.05, 0) is 31.9 Å². The SMILES string of the molecule is COc1cccc(-c2noc([C@H](C)NC(=O)NC3CC=CC3)n2)c1. The van der Waals surface area contributed by atoms with Crippen molar-refractivity contribution in [3.8, 4) is 17.1 Å². The molecular weight excluding hydrogens is 308 g/mol. The van der Waals surface area contributed by atoms with E-state index in [1.54, 1.807) is 14.0 Å². The van der Waals surface area contributed by atoms with E-state index in [-0.39, 0.29) is 18.1 Å².